The first-order valence-electron chi connectivity index (χ1n) is 5.43. The predicted octanol–water partition coefficient (Wildman–Crippen LogP) is -0.193. The van der Waals surface area contributed by atoms with Crippen molar-refractivity contribution in [3.8, 4) is 0 Å². The van der Waals surface area contributed by atoms with Gasteiger partial charge < -0.3 is 25.6 Å². The molecule has 0 saturated heterocycles. The molecule has 1 rings (SSSR count). The van der Waals surface area contributed by atoms with Gasteiger partial charge in [0.15, 0.2) is 0 Å². The molecule has 0 unspecified atom stereocenters. The maximum absolute atomic E-state index is 11.0. The Kier molecular flexibility index (Phi) is 5.34. The summed E-state index contributed by atoms with van der Waals surface area (Å²) in [5.41, 5.74) is 5.64. The molecule has 0 aromatic carbocycles. The number of methoxy groups -OCH3 is 1. The van der Waals surface area contributed by atoms with Crippen LogP contribution in [-0.4, -0.2) is 54.6 Å². The molecule has 100 valence electrons. The maximum Gasteiger partial charge on any atom is 0.337 e. The Morgan fingerprint density at radius 1 is 1.56 bits per heavy atom. The Bertz CT molecular complexity index is 411. The van der Waals surface area contributed by atoms with Gasteiger partial charge in [0.2, 0.25) is 0 Å². The number of anilines is 2. The Morgan fingerprint density at radius 2 is 2.28 bits per heavy atom. The first kappa shape index (κ1) is 14.2. The van der Waals surface area contributed by atoms with Crippen molar-refractivity contribution in [2.45, 2.75) is 0 Å². The lowest BCUT2D eigenvalue weighted by Crippen LogP contribution is -2.31. The first-order chi connectivity index (χ1) is 8.60. The number of nitrogens with zero attached hydrogens (tertiary/aromatic N) is 2. The molecule has 0 spiro atoms. The molecule has 1 heterocycles. The van der Waals surface area contributed by atoms with Gasteiger partial charge in [-0.05, 0) is 6.07 Å². The van der Waals surface area contributed by atoms with Crippen LogP contribution in [0.4, 0.5) is 11.5 Å². The standard InChI is InChI=1S/C11H17N3O4/c1-18-5-3-14(2-4-15)10-6-8(11(16)17)9(12)7-13-10/h6-7,15H,2-5,12H2,1H3,(H,16,17). The summed E-state index contributed by atoms with van der Waals surface area (Å²) >= 11 is 0. The number of aromatic nitrogens is 1. The number of hydrogen-bond donors (Lipinski definition) is 3. The summed E-state index contributed by atoms with van der Waals surface area (Å²) in [6.07, 6.45) is 1.30. The number of nitrogen functional groups attached to an aromatic ring is 1. The number of aliphatic hydroxyl groups is 1. The topological polar surface area (TPSA) is 109 Å². The second-order valence-electron chi connectivity index (χ2n) is 3.64. The van der Waals surface area contributed by atoms with E-state index >= 15 is 0 Å². The van der Waals surface area contributed by atoms with Gasteiger partial charge in [0, 0.05) is 20.2 Å². The van der Waals surface area contributed by atoms with Crippen molar-refractivity contribution in [1.29, 1.82) is 0 Å². The molecule has 0 atom stereocenters. The normalized spacial score (nSPS) is 10.3. The van der Waals surface area contributed by atoms with Gasteiger partial charge in [-0.1, -0.05) is 0 Å². The van der Waals surface area contributed by atoms with Crippen LogP contribution >= 0.6 is 0 Å². The number of carboxylic acids is 1. The van der Waals surface area contributed by atoms with Crippen molar-refractivity contribution in [2.24, 2.45) is 0 Å². The van der Waals surface area contributed by atoms with Crippen molar-refractivity contribution < 1.29 is 19.7 Å². The zero-order valence-corrected chi connectivity index (χ0v) is 10.2. The lowest BCUT2D eigenvalue weighted by atomic mass is 10.2. The summed E-state index contributed by atoms with van der Waals surface area (Å²) in [4.78, 5) is 16.8. The number of nitrogens with two attached hydrogens (primary N) is 1. The van der Waals surface area contributed by atoms with Crippen molar-refractivity contribution in [3.05, 3.63) is 17.8 Å². The van der Waals surface area contributed by atoms with Crippen LogP contribution in [-0.2, 0) is 4.74 Å². The van der Waals surface area contributed by atoms with E-state index in [4.69, 9.17) is 20.7 Å². The van der Waals surface area contributed by atoms with Gasteiger partial charge >= 0.3 is 5.97 Å². The Morgan fingerprint density at radius 3 is 2.83 bits per heavy atom. The third-order valence-corrected chi connectivity index (χ3v) is 2.41. The number of pyridine rings is 1. The molecule has 0 aliphatic heterocycles. The molecule has 18 heavy (non-hydrogen) atoms. The molecular formula is C11H17N3O4. The molecule has 4 N–H and O–H groups in total. The van der Waals surface area contributed by atoms with Crippen LogP contribution in [0.3, 0.4) is 0 Å². The number of ether oxygens (including phenoxy) is 1. The summed E-state index contributed by atoms with van der Waals surface area (Å²) in [5.74, 6) is -0.653. The molecule has 0 radical (unpaired) electrons. The highest BCUT2D eigenvalue weighted by Crippen LogP contribution is 2.18. The highest BCUT2D eigenvalue weighted by atomic mass is 16.5. The first-order valence-corrected chi connectivity index (χ1v) is 5.43. The molecular weight excluding hydrogens is 238 g/mol. The van der Waals surface area contributed by atoms with Gasteiger partial charge in [-0.2, -0.15) is 0 Å². The molecule has 0 amide bonds. The van der Waals surface area contributed by atoms with Gasteiger partial charge in [-0.25, -0.2) is 9.78 Å². The molecule has 0 fully saturated rings. The van der Waals surface area contributed by atoms with Crippen LogP contribution < -0.4 is 10.6 Å². The average Bonchev–Trinajstić information content (AvgIpc) is 2.35. The number of rotatable bonds is 7. The molecule has 0 saturated carbocycles. The van der Waals surface area contributed by atoms with Gasteiger partial charge in [-0.3, -0.25) is 0 Å². The molecule has 1 aromatic rings. The number of aromatic carboxylic acids is 1. The molecule has 0 bridgehead atoms. The number of carbonyl (C=O) groups is 1. The van der Waals surface area contributed by atoms with E-state index in [0.29, 0.717) is 25.5 Å². The van der Waals surface area contributed by atoms with Gasteiger partial charge in [0.25, 0.3) is 0 Å². The fraction of sp³-hybridized carbons (Fsp3) is 0.455. The quantitative estimate of drug-likeness (QED) is 0.619. The van der Waals surface area contributed by atoms with E-state index in [9.17, 15) is 4.79 Å². The largest absolute Gasteiger partial charge is 0.478 e. The van der Waals surface area contributed by atoms with Crippen molar-refractivity contribution in [3.63, 3.8) is 0 Å². The lowest BCUT2D eigenvalue weighted by Gasteiger charge is -2.22. The zero-order valence-electron chi connectivity index (χ0n) is 10.2. The third kappa shape index (κ3) is 3.57. The van der Waals surface area contributed by atoms with E-state index in [1.807, 2.05) is 0 Å². The van der Waals surface area contributed by atoms with E-state index in [-0.39, 0.29) is 17.9 Å². The van der Waals surface area contributed by atoms with E-state index < -0.39 is 5.97 Å². The van der Waals surface area contributed by atoms with E-state index in [2.05, 4.69) is 4.98 Å². The fourth-order valence-corrected chi connectivity index (χ4v) is 1.48. The maximum atomic E-state index is 11.0. The SMILES string of the molecule is COCCN(CCO)c1cc(C(=O)O)c(N)cn1. The molecule has 1 aromatic heterocycles. The fourth-order valence-electron chi connectivity index (χ4n) is 1.48. The average molecular weight is 255 g/mol. The van der Waals surface area contributed by atoms with E-state index in [1.54, 1.807) is 12.0 Å². The number of carboxylic acid groups (broad SMARTS) is 1. The zero-order chi connectivity index (χ0) is 13.5. The summed E-state index contributed by atoms with van der Waals surface area (Å²) in [7, 11) is 1.57. The molecule has 0 aliphatic rings. The summed E-state index contributed by atoms with van der Waals surface area (Å²) in [6.45, 7) is 1.25. The summed E-state index contributed by atoms with van der Waals surface area (Å²) < 4.78 is 4.95. The number of hydrogen-bond acceptors (Lipinski definition) is 6. The van der Waals surface area contributed by atoms with Gasteiger partial charge in [-0.15, -0.1) is 0 Å². The number of aliphatic hydroxyl groups excluding tert-OH is 1. The van der Waals surface area contributed by atoms with Crippen molar-refractivity contribution in [1.82, 2.24) is 4.98 Å². The Labute approximate surface area is 105 Å². The second-order valence-corrected chi connectivity index (χ2v) is 3.64. The highest BCUT2D eigenvalue weighted by molar-refractivity contribution is 5.94. The minimum atomic E-state index is -1.10. The van der Waals surface area contributed by atoms with Gasteiger partial charge in [0.05, 0.1) is 30.7 Å². The van der Waals surface area contributed by atoms with Crippen molar-refractivity contribution >= 4 is 17.5 Å². The summed E-state index contributed by atoms with van der Waals surface area (Å²) in [6, 6.07) is 1.39. The second kappa shape index (κ2) is 6.77. The Hall–Kier alpha value is -1.86. The summed E-state index contributed by atoms with van der Waals surface area (Å²) in [5, 5.41) is 18.0. The minimum absolute atomic E-state index is 0.000330. The van der Waals surface area contributed by atoms with Crippen LogP contribution in [0.15, 0.2) is 12.3 Å². The highest BCUT2D eigenvalue weighted by Gasteiger charge is 2.13. The molecule has 7 heteroatoms. The molecule has 7 nitrogen and oxygen atoms in total. The lowest BCUT2D eigenvalue weighted by molar-refractivity contribution is 0.0698. The van der Waals surface area contributed by atoms with Crippen LogP contribution in [0.2, 0.25) is 0 Å². The molecule has 0 aliphatic carbocycles. The van der Waals surface area contributed by atoms with Crippen LogP contribution in [0, 0.1) is 0 Å². The van der Waals surface area contributed by atoms with Crippen LogP contribution in [0.25, 0.3) is 0 Å². The predicted molar refractivity (Wildman–Crippen MR) is 66.8 cm³/mol. The van der Waals surface area contributed by atoms with Crippen molar-refractivity contribution in [2.75, 3.05) is 44.0 Å². The van der Waals surface area contributed by atoms with Crippen LogP contribution in [0.1, 0.15) is 10.4 Å². The van der Waals surface area contributed by atoms with E-state index in [0.717, 1.165) is 0 Å². The minimum Gasteiger partial charge on any atom is -0.478 e. The van der Waals surface area contributed by atoms with Gasteiger partial charge in [0.1, 0.15) is 5.82 Å². The Balaban J connectivity index is 2.97. The third-order valence-electron chi connectivity index (χ3n) is 2.41. The smallest absolute Gasteiger partial charge is 0.337 e. The van der Waals surface area contributed by atoms with Crippen LogP contribution in [0.5, 0.6) is 0 Å². The van der Waals surface area contributed by atoms with E-state index in [1.165, 1.54) is 12.3 Å². The monoisotopic (exact) mass is 255 g/mol.